The number of morpholine rings is 1. The van der Waals surface area contributed by atoms with E-state index in [0.29, 0.717) is 6.10 Å². The van der Waals surface area contributed by atoms with E-state index in [0.717, 1.165) is 50.2 Å². The molecule has 0 aromatic carbocycles. The third-order valence-electron chi connectivity index (χ3n) is 4.08. The van der Waals surface area contributed by atoms with E-state index >= 15 is 0 Å². The minimum Gasteiger partial charge on any atom is -0.378 e. The third kappa shape index (κ3) is 3.22. The van der Waals surface area contributed by atoms with Crippen LogP contribution in [0.3, 0.4) is 0 Å². The van der Waals surface area contributed by atoms with Crippen LogP contribution in [0.1, 0.15) is 25.3 Å². The van der Waals surface area contributed by atoms with Crippen LogP contribution in [-0.2, 0) is 16.0 Å². The number of nitrogens with zero attached hydrogens (tertiary/aromatic N) is 2. The highest BCUT2D eigenvalue weighted by Crippen LogP contribution is 2.31. The monoisotopic (exact) mass is 340 g/mol. The van der Waals surface area contributed by atoms with Crippen LogP contribution in [-0.4, -0.2) is 47.9 Å². The van der Waals surface area contributed by atoms with Crippen LogP contribution in [0, 0.1) is 0 Å². The molecule has 2 fully saturated rings. The SMILES string of the molecule is CC[C@H]1CN(Cc2cncc(Br)c2)C[C@@]2(CCOC2)O1. The summed E-state index contributed by atoms with van der Waals surface area (Å²) in [5, 5.41) is 0. The van der Waals surface area contributed by atoms with Crippen LogP contribution in [0.4, 0.5) is 0 Å². The van der Waals surface area contributed by atoms with Gasteiger partial charge < -0.3 is 9.47 Å². The number of ether oxygens (including phenoxy) is 2. The summed E-state index contributed by atoms with van der Waals surface area (Å²) in [5.74, 6) is 0. The van der Waals surface area contributed by atoms with Crippen molar-refractivity contribution in [2.24, 2.45) is 0 Å². The van der Waals surface area contributed by atoms with Crippen LogP contribution in [0.15, 0.2) is 22.9 Å². The molecular formula is C15H21BrN2O2. The number of aromatic nitrogens is 1. The number of halogens is 1. The third-order valence-corrected chi connectivity index (χ3v) is 4.51. The molecule has 5 heteroatoms. The van der Waals surface area contributed by atoms with Crippen molar-refractivity contribution >= 4 is 15.9 Å². The predicted molar refractivity (Wildman–Crippen MR) is 80.5 cm³/mol. The molecule has 2 aliphatic rings. The van der Waals surface area contributed by atoms with Gasteiger partial charge in [0.1, 0.15) is 5.60 Å². The molecule has 0 bridgehead atoms. The highest BCUT2D eigenvalue weighted by atomic mass is 79.9. The van der Waals surface area contributed by atoms with Crippen molar-refractivity contribution < 1.29 is 9.47 Å². The lowest BCUT2D eigenvalue weighted by atomic mass is 9.98. The topological polar surface area (TPSA) is 34.6 Å². The summed E-state index contributed by atoms with van der Waals surface area (Å²) in [6.45, 7) is 6.62. The van der Waals surface area contributed by atoms with Gasteiger partial charge in [-0.3, -0.25) is 9.88 Å². The molecule has 0 radical (unpaired) electrons. The highest BCUT2D eigenvalue weighted by molar-refractivity contribution is 9.10. The summed E-state index contributed by atoms with van der Waals surface area (Å²) in [5.41, 5.74) is 1.16. The van der Waals surface area contributed by atoms with Crippen LogP contribution in [0.2, 0.25) is 0 Å². The Labute approximate surface area is 128 Å². The van der Waals surface area contributed by atoms with E-state index in [2.05, 4.69) is 38.8 Å². The Bertz CT molecular complexity index is 463. The van der Waals surface area contributed by atoms with Crippen LogP contribution < -0.4 is 0 Å². The molecule has 1 spiro atoms. The minimum absolute atomic E-state index is 0.0850. The summed E-state index contributed by atoms with van der Waals surface area (Å²) in [7, 11) is 0. The molecule has 1 aromatic heterocycles. The second-order valence-electron chi connectivity index (χ2n) is 5.81. The molecule has 0 amide bonds. The maximum absolute atomic E-state index is 6.28. The van der Waals surface area contributed by atoms with Crippen molar-refractivity contribution in [3.8, 4) is 0 Å². The van der Waals surface area contributed by atoms with Crippen molar-refractivity contribution in [2.45, 2.75) is 38.0 Å². The first-order valence-electron chi connectivity index (χ1n) is 7.26. The molecule has 0 N–H and O–H groups in total. The molecule has 3 rings (SSSR count). The quantitative estimate of drug-likeness (QED) is 0.847. The molecule has 3 heterocycles. The Morgan fingerprint density at radius 3 is 3.10 bits per heavy atom. The normalized spacial score (nSPS) is 31.0. The number of pyridine rings is 1. The molecule has 4 nitrogen and oxygen atoms in total. The smallest absolute Gasteiger partial charge is 0.107 e. The van der Waals surface area contributed by atoms with Gasteiger partial charge in [0.15, 0.2) is 0 Å². The van der Waals surface area contributed by atoms with Gasteiger partial charge in [-0.25, -0.2) is 0 Å². The van der Waals surface area contributed by atoms with E-state index in [1.165, 1.54) is 5.56 Å². The first kappa shape index (κ1) is 14.4. The maximum atomic E-state index is 6.28. The van der Waals surface area contributed by atoms with Gasteiger partial charge in [0.05, 0.1) is 12.7 Å². The lowest BCUT2D eigenvalue weighted by molar-refractivity contribution is -0.156. The van der Waals surface area contributed by atoms with Crippen LogP contribution >= 0.6 is 15.9 Å². The lowest BCUT2D eigenvalue weighted by Gasteiger charge is -2.43. The Morgan fingerprint density at radius 2 is 2.40 bits per heavy atom. The fraction of sp³-hybridized carbons (Fsp3) is 0.667. The first-order chi connectivity index (χ1) is 9.69. The average molecular weight is 341 g/mol. The molecule has 0 aliphatic carbocycles. The number of hydrogen-bond donors (Lipinski definition) is 0. The Hall–Kier alpha value is -0.490. The zero-order valence-corrected chi connectivity index (χ0v) is 13.4. The first-order valence-corrected chi connectivity index (χ1v) is 8.06. The van der Waals surface area contributed by atoms with Gasteiger partial charge >= 0.3 is 0 Å². The Balaban J connectivity index is 1.71. The van der Waals surface area contributed by atoms with Gasteiger partial charge in [0.2, 0.25) is 0 Å². The molecule has 2 aliphatic heterocycles. The van der Waals surface area contributed by atoms with Gasteiger partial charge in [0.25, 0.3) is 0 Å². The van der Waals surface area contributed by atoms with Crippen molar-refractivity contribution in [3.63, 3.8) is 0 Å². The van der Waals surface area contributed by atoms with Gasteiger partial charge in [-0.05, 0) is 34.0 Å². The molecule has 2 atom stereocenters. The summed E-state index contributed by atoms with van der Waals surface area (Å²) in [6.07, 6.45) is 6.14. The highest BCUT2D eigenvalue weighted by Gasteiger charge is 2.43. The Morgan fingerprint density at radius 1 is 1.50 bits per heavy atom. The summed E-state index contributed by atoms with van der Waals surface area (Å²) in [4.78, 5) is 6.73. The maximum Gasteiger partial charge on any atom is 0.107 e. The standard InChI is InChI=1S/C15H21BrN2O2/c1-2-14-9-18(8-12-5-13(16)7-17-6-12)10-15(20-14)3-4-19-11-15/h5-7,14H,2-4,8-11H2,1H3/t14-,15+/m0/s1. The van der Waals surface area contributed by atoms with E-state index in [9.17, 15) is 0 Å². The van der Waals surface area contributed by atoms with Crippen LogP contribution in [0.25, 0.3) is 0 Å². The zero-order valence-electron chi connectivity index (χ0n) is 11.8. The van der Waals surface area contributed by atoms with Gasteiger partial charge in [-0.1, -0.05) is 6.92 Å². The largest absolute Gasteiger partial charge is 0.378 e. The minimum atomic E-state index is -0.0850. The molecule has 0 saturated carbocycles. The lowest BCUT2D eigenvalue weighted by Crippen LogP contribution is -2.55. The summed E-state index contributed by atoms with van der Waals surface area (Å²) in [6, 6.07) is 2.14. The molecular weight excluding hydrogens is 320 g/mol. The Kier molecular flexibility index (Phi) is 4.40. The second-order valence-corrected chi connectivity index (χ2v) is 6.73. The van der Waals surface area contributed by atoms with E-state index in [1.807, 2.05) is 12.4 Å². The van der Waals surface area contributed by atoms with Gasteiger partial charge in [0, 0.05) is 49.5 Å². The van der Waals surface area contributed by atoms with E-state index in [1.54, 1.807) is 0 Å². The van der Waals surface area contributed by atoms with Gasteiger partial charge in [-0.2, -0.15) is 0 Å². The summed E-state index contributed by atoms with van der Waals surface area (Å²) >= 11 is 3.49. The molecule has 1 aromatic rings. The average Bonchev–Trinajstić information content (AvgIpc) is 2.86. The number of rotatable bonds is 3. The van der Waals surface area contributed by atoms with Crippen molar-refractivity contribution in [1.82, 2.24) is 9.88 Å². The van der Waals surface area contributed by atoms with Crippen molar-refractivity contribution in [3.05, 3.63) is 28.5 Å². The van der Waals surface area contributed by atoms with E-state index in [4.69, 9.17) is 9.47 Å². The van der Waals surface area contributed by atoms with Crippen LogP contribution in [0.5, 0.6) is 0 Å². The van der Waals surface area contributed by atoms with Crippen molar-refractivity contribution in [2.75, 3.05) is 26.3 Å². The molecule has 2 saturated heterocycles. The van der Waals surface area contributed by atoms with E-state index in [-0.39, 0.29) is 5.60 Å². The zero-order chi connectivity index (χ0) is 14.0. The fourth-order valence-corrected chi connectivity index (χ4v) is 3.54. The number of hydrogen-bond acceptors (Lipinski definition) is 4. The summed E-state index contributed by atoms with van der Waals surface area (Å²) < 4.78 is 12.9. The predicted octanol–water partition coefficient (Wildman–Crippen LogP) is 2.61. The second kappa shape index (κ2) is 6.10. The molecule has 110 valence electrons. The molecule has 20 heavy (non-hydrogen) atoms. The van der Waals surface area contributed by atoms with E-state index < -0.39 is 0 Å². The fourth-order valence-electron chi connectivity index (χ4n) is 3.13. The van der Waals surface area contributed by atoms with Crippen molar-refractivity contribution in [1.29, 1.82) is 0 Å². The molecule has 0 unspecified atom stereocenters. The van der Waals surface area contributed by atoms with Gasteiger partial charge in [-0.15, -0.1) is 0 Å².